The fourth-order valence-electron chi connectivity index (χ4n) is 3.40. The van der Waals surface area contributed by atoms with Crippen LogP contribution in [0, 0.1) is 11.3 Å². The van der Waals surface area contributed by atoms with Crippen molar-refractivity contribution in [2.75, 3.05) is 37.6 Å². The number of nitriles is 1. The molecule has 3 aromatic rings. The molecule has 32 heavy (non-hydrogen) atoms. The standard InChI is InChI=1S/C21H21N5O5S/c22-15-17-21(31-20(24-17)18-7-4-14-30-18)26-12-10-25(11-13-26)19(27)8-9-23-32(28,29)16-5-2-1-3-6-16/h1-7,14,23H,8-13H2. The lowest BCUT2D eigenvalue weighted by atomic mass is 10.2. The molecular formula is C21H21N5O5S. The van der Waals surface area contributed by atoms with Gasteiger partial charge in [0, 0.05) is 39.1 Å². The number of anilines is 1. The average Bonchev–Trinajstić information content (AvgIpc) is 3.49. The van der Waals surface area contributed by atoms with Gasteiger partial charge < -0.3 is 18.6 Å². The Morgan fingerprint density at radius 1 is 1.12 bits per heavy atom. The quantitative estimate of drug-likeness (QED) is 0.570. The van der Waals surface area contributed by atoms with Crippen molar-refractivity contribution in [1.82, 2.24) is 14.6 Å². The average molecular weight is 455 g/mol. The van der Waals surface area contributed by atoms with E-state index in [1.807, 2.05) is 11.0 Å². The van der Waals surface area contributed by atoms with E-state index in [0.717, 1.165) is 0 Å². The number of hydrogen-bond donors (Lipinski definition) is 1. The Hall–Kier alpha value is -3.62. The first kappa shape index (κ1) is 21.6. The lowest BCUT2D eigenvalue weighted by Crippen LogP contribution is -2.49. The molecule has 1 N–H and O–H groups in total. The summed E-state index contributed by atoms with van der Waals surface area (Å²) >= 11 is 0. The zero-order valence-corrected chi connectivity index (χ0v) is 17.9. The second-order valence-corrected chi connectivity index (χ2v) is 8.86. The molecule has 1 aliphatic rings. The maximum atomic E-state index is 12.5. The van der Waals surface area contributed by atoms with Crippen LogP contribution in [0.4, 0.5) is 5.88 Å². The summed E-state index contributed by atoms with van der Waals surface area (Å²) < 4.78 is 38.0. The molecule has 166 valence electrons. The number of rotatable bonds is 7. The number of piperazine rings is 1. The number of sulfonamides is 1. The number of nitrogens with zero attached hydrogens (tertiary/aromatic N) is 4. The van der Waals surface area contributed by atoms with E-state index in [-0.39, 0.29) is 35.4 Å². The maximum absolute atomic E-state index is 12.5. The number of carbonyl (C=O) groups excluding carboxylic acids is 1. The molecular weight excluding hydrogens is 434 g/mol. The molecule has 1 fully saturated rings. The predicted octanol–water partition coefficient (Wildman–Crippen LogP) is 1.82. The largest absolute Gasteiger partial charge is 0.459 e. The topological polar surface area (TPSA) is 133 Å². The van der Waals surface area contributed by atoms with Crippen LogP contribution < -0.4 is 9.62 Å². The summed E-state index contributed by atoms with van der Waals surface area (Å²) in [6.45, 7) is 1.78. The molecule has 1 amide bonds. The Kier molecular flexibility index (Phi) is 6.25. The molecule has 0 atom stereocenters. The van der Waals surface area contributed by atoms with Gasteiger partial charge in [0.15, 0.2) is 5.76 Å². The molecule has 0 saturated carbocycles. The van der Waals surface area contributed by atoms with Crippen LogP contribution in [-0.2, 0) is 14.8 Å². The molecule has 1 saturated heterocycles. The highest BCUT2D eigenvalue weighted by Gasteiger charge is 2.27. The molecule has 2 aromatic heterocycles. The molecule has 0 bridgehead atoms. The SMILES string of the molecule is N#Cc1nc(-c2ccco2)oc1N1CCN(C(=O)CCNS(=O)(=O)c2ccccc2)CC1. The van der Waals surface area contributed by atoms with Gasteiger partial charge in [-0.1, -0.05) is 18.2 Å². The summed E-state index contributed by atoms with van der Waals surface area (Å²) in [6, 6.07) is 13.4. The maximum Gasteiger partial charge on any atom is 0.266 e. The third kappa shape index (κ3) is 4.66. The van der Waals surface area contributed by atoms with Crippen LogP contribution in [0.25, 0.3) is 11.7 Å². The summed E-state index contributed by atoms with van der Waals surface area (Å²) in [4.78, 5) is 20.4. The van der Waals surface area contributed by atoms with Gasteiger partial charge in [0.05, 0.1) is 11.2 Å². The Morgan fingerprint density at radius 3 is 2.53 bits per heavy atom. The molecule has 10 nitrogen and oxygen atoms in total. The monoisotopic (exact) mass is 455 g/mol. The van der Waals surface area contributed by atoms with Gasteiger partial charge in [-0.3, -0.25) is 4.79 Å². The first-order valence-electron chi connectivity index (χ1n) is 10.00. The van der Waals surface area contributed by atoms with Gasteiger partial charge in [0.2, 0.25) is 27.5 Å². The smallest absolute Gasteiger partial charge is 0.266 e. The third-order valence-corrected chi connectivity index (χ3v) is 6.53. The van der Waals surface area contributed by atoms with E-state index >= 15 is 0 Å². The van der Waals surface area contributed by atoms with Gasteiger partial charge in [0.25, 0.3) is 5.89 Å². The van der Waals surface area contributed by atoms with Gasteiger partial charge in [-0.15, -0.1) is 0 Å². The summed E-state index contributed by atoms with van der Waals surface area (Å²) in [5, 5.41) is 9.39. The zero-order valence-electron chi connectivity index (χ0n) is 17.1. The minimum Gasteiger partial charge on any atom is -0.459 e. The van der Waals surface area contributed by atoms with Crippen LogP contribution >= 0.6 is 0 Å². The van der Waals surface area contributed by atoms with E-state index in [1.165, 1.54) is 18.4 Å². The van der Waals surface area contributed by atoms with Crippen molar-refractivity contribution in [1.29, 1.82) is 5.26 Å². The Morgan fingerprint density at radius 2 is 1.88 bits per heavy atom. The molecule has 0 aliphatic carbocycles. The van der Waals surface area contributed by atoms with Crippen molar-refractivity contribution in [2.45, 2.75) is 11.3 Å². The van der Waals surface area contributed by atoms with Crippen molar-refractivity contribution in [3.63, 3.8) is 0 Å². The van der Waals surface area contributed by atoms with Gasteiger partial charge >= 0.3 is 0 Å². The van der Waals surface area contributed by atoms with Crippen molar-refractivity contribution < 1.29 is 22.0 Å². The van der Waals surface area contributed by atoms with E-state index < -0.39 is 10.0 Å². The highest BCUT2D eigenvalue weighted by molar-refractivity contribution is 7.89. The second kappa shape index (κ2) is 9.25. The summed E-state index contributed by atoms with van der Waals surface area (Å²) in [5.41, 5.74) is 0.159. The molecule has 4 rings (SSSR count). The van der Waals surface area contributed by atoms with Crippen LogP contribution in [0.1, 0.15) is 12.1 Å². The molecule has 3 heterocycles. The van der Waals surface area contributed by atoms with E-state index in [1.54, 1.807) is 35.2 Å². The predicted molar refractivity (Wildman–Crippen MR) is 114 cm³/mol. The molecule has 1 aliphatic heterocycles. The minimum absolute atomic E-state index is 0.0173. The minimum atomic E-state index is -3.64. The van der Waals surface area contributed by atoms with Crippen molar-refractivity contribution in [3.05, 3.63) is 54.4 Å². The number of oxazole rings is 1. The summed E-state index contributed by atoms with van der Waals surface area (Å²) in [7, 11) is -3.64. The van der Waals surface area contributed by atoms with Gasteiger partial charge in [0.1, 0.15) is 6.07 Å². The van der Waals surface area contributed by atoms with Crippen LogP contribution in [-0.4, -0.2) is 56.9 Å². The summed E-state index contributed by atoms with van der Waals surface area (Å²) in [5.74, 6) is 0.863. The molecule has 0 radical (unpaired) electrons. The molecule has 1 aromatic carbocycles. The van der Waals surface area contributed by atoms with Crippen molar-refractivity contribution >= 4 is 21.8 Å². The number of carbonyl (C=O) groups is 1. The molecule has 0 unspecified atom stereocenters. The Labute approximate surface area is 185 Å². The highest BCUT2D eigenvalue weighted by Crippen LogP contribution is 2.29. The lowest BCUT2D eigenvalue weighted by Gasteiger charge is -2.34. The normalized spacial score (nSPS) is 14.3. The van der Waals surface area contributed by atoms with Crippen LogP contribution in [0.3, 0.4) is 0 Å². The number of furan rings is 1. The first-order valence-corrected chi connectivity index (χ1v) is 11.5. The fourth-order valence-corrected chi connectivity index (χ4v) is 4.45. The van der Waals surface area contributed by atoms with Crippen molar-refractivity contribution in [3.8, 4) is 17.7 Å². The summed E-state index contributed by atoms with van der Waals surface area (Å²) in [6.07, 6.45) is 1.55. The lowest BCUT2D eigenvalue weighted by molar-refractivity contribution is -0.131. The van der Waals surface area contributed by atoms with Crippen molar-refractivity contribution in [2.24, 2.45) is 0 Å². The van der Waals surface area contributed by atoms with E-state index in [9.17, 15) is 18.5 Å². The zero-order chi connectivity index (χ0) is 22.6. The van der Waals surface area contributed by atoms with Crippen LogP contribution in [0.15, 0.2) is 62.5 Å². The fraction of sp³-hybridized carbons (Fsp3) is 0.286. The highest BCUT2D eigenvalue weighted by atomic mass is 32.2. The van der Waals surface area contributed by atoms with E-state index in [4.69, 9.17) is 8.83 Å². The number of aromatic nitrogens is 1. The van der Waals surface area contributed by atoms with E-state index in [2.05, 4.69) is 9.71 Å². The Bertz CT molecular complexity index is 1210. The van der Waals surface area contributed by atoms with Gasteiger partial charge in [-0.05, 0) is 24.3 Å². The van der Waals surface area contributed by atoms with Gasteiger partial charge in [-0.25, -0.2) is 13.1 Å². The van der Waals surface area contributed by atoms with Crippen LogP contribution in [0.2, 0.25) is 0 Å². The Balaban J connectivity index is 1.30. The van der Waals surface area contributed by atoms with E-state index in [0.29, 0.717) is 37.8 Å². The first-order chi connectivity index (χ1) is 15.5. The molecule has 11 heteroatoms. The number of benzene rings is 1. The number of amides is 1. The number of nitrogens with one attached hydrogen (secondary N) is 1. The number of hydrogen-bond acceptors (Lipinski definition) is 8. The third-order valence-electron chi connectivity index (χ3n) is 5.05. The molecule has 0 spiro atoms. The van der Waals surface area contributed by atoms with Gasteiger partial charge in [-0.2, -0.15) is 10.2 Å². The second-order valence-electron chi connectivity index (χ2n) is 7.09. The van der Waals surface area contributed by atoms with Crippen LogP contribution in [0.5, 0.6) is 0 Å².